The van der Waals surface area contributed by atoms with E-state index in [1.165, 1.54) is 10.6 Å². The van der Waals surface area contributed by atoms with Crippen molar-refractivity contribution in [2.75, 3.05) is 0 Å². The van der Waals surface area contributed by atoms with Gasteiger partial charge in [0.1, 0.15) is 11.2 Å². The molecule has 0 N–H and O–H groups in total. The molecule has 9 aromatic carbocycles. The van der Waals surface area contributed by atoms with Crippen LogP contribution in [0.4, 0.5) is 0 Å². The molecule has 12 rings (SSSR count). The Hall–Kier alpha value is -7.63. The van der Waals surface area contributed by atoms with Crippen LogP contribution in [0, 0.1) is 0 Å². The maximum Gasteiger partial charge on any atom is 0.238 e. The lowest BCUT2D eigenvalue weighted by molar-refractivity contribution is 0.669. The van der Waals surface area contributed by atoms with Crippen LogP contribution in [0.5, 0.6) is 0 Å². The van der Waals surface area contributed by atoms with E-state index >= 15 is 0 Å². The summed E-state index contributed by atoms with van der Waals surface area (Å²) < 4.78 is 162. The summed E-state index contributed by atoms with van der Waals surface area (Å²) in [6, 6.07) is 12.0. The molecule has 260 valence electrons. The summed E-state index contributed by atoms with van der Waals surface area (Å²) in [4.78, 5) is 14.6. The van der Waals surface area contributed by atoms with Gasteiger partial charge in [0.05, 0.1) is 34.3 Å². The van der Waals surface area contributed by atoms with Crippen molar-refractivity contribution in [3.63, 3.8) is 0 Å². The number of hydrogen-bond acceptors (Lipinski definition) is 4. The Kier molecular flexibility index (Phi) is 3.97. The Morgan fingerprint density at radius 3 is 1.84 bits per heavy atom. The van der Waals surface area contributed by atoms with Gasteiger partial charge in [0.25, 0.3) is 0 Å². The number of aromatic nitrogens is 4. The number of para-hydroxylation sites is 3. The molecule has 0 aliphatic heterocycles. The second kappa shape index (κ2) is 11.9. The molecule has 12 aromatic rings. The summed E-state index contributed by atoms with van der Waals surface area (Å²) in [5.74, 6) is -0.718. The van der Waals surface area contributed by atoms with E-state index < -0.39 is 103 Å². The van der Waals surface area contributed by atoms with Crippen molar-refractivity contribution in [1.82, 2.24) is 19.5 Å². The quantitative estimate of drug-likeness (QED) is 0.169. The number of hydrogen-bond donors (Lipinski definition) is 0. The minimum atomic E-state index is -0.673. The van der Waals surface area contributed by atoms with Crippen LogP contribution >= 0.6 is 0 Å². The second-order valence-electron chi connectivity index (χ2n) is 13.1. The van der Waals surface area contributed by atoms with Crippen molar-refractivity contribution in [3.8, 4) is 39.9 Å². The fourth-order valence-electron chi connectivity index (χ4n) is 7.60. The van der Waals surface area contributed by atoms with Crippen LogP contribution in [-0.4, -0.2) is 19.5 Å². The van der Waals surface area contributed by atoms with Gasteiger partial charge in [-0.3, -0.25) is 4.57 Å². The molecule has 56 heavy (non-hydrogen) atoms. The highest BCUT2D eigenvalue weighted by Crippen LogP contribution is 2.43. The molecule has 0 atom stereocenters. The molecule has 0 fully saturated rings. The first-order chi connectivity index (χ1) is 34.8. The monoisotopic (exact) mass is 731 g/mol. The van der Waals surface area contributed by atoms with E-state index in [0.717, 1.165) is 0 Å². The molecular formula is C51H30N4O. The van der Waals surface area contributed by atoms with Crippen LogP contribution in [0.2, 0.25) is 0 Å². The number of nitrogens with zero attached hydrogens (tertiary/aromatic N) is 4. The zero-order chi connectivity index (χ0) is 51.5. The Labute approximate surface area is 344 Å². The standard InChI is InChI=1S/C51H30N4O/c1-2-14-31(15-3-1)49-52-50(32-28-29-37-35-18-5-4-16-33(35)34-17-6-7-19-36(34)43(37)30-32)54-51(53-49)55-44-25-10-8-20-38(44)40-23-12-24-41(48(40)55)39-22-13-27-46-47(39)42-21-9-11-26-45(42)56-46/h1-30H/i4D,5D,6D,7D,8D,10D,12D,16D,17D,18D,19D,20D,23D,24D,25D,28D,29D. The normalized spacial score (nSPS) is 16.2. The van der Waals surface area contributed by atoms with Crippen LogP contribution in [-0.2, 0) is 0 Å². The zero-order valence-electron chi connectivity index (χ0n) is 45.7. The highest BCUT2D eigenvalue weighted by molar-refractivity contribution is 6.26. The highest BCUT2D eigenvalue weighted by Gasteiger charge is 2.22. The minimum absolute atomic E-state index is 0.0295. The molecule has 5 nitrogen and oxygen atoms in total. The molecule has 0 unspecified atom stereocenters. The second-order valence-corrected chi connectivity index (χ2v) is 13.1. The van der Waals surface area contributed by atoms with Gasteiger partial charge in [0.2, 0.25) is 5.95 Å². The van der Waals surface area contributed by atoms with Gasteiger partial charge < -0.3 is 4.42 Å². The molecule has 0 saturated heterocycles. The predicted molar refractivity (Wildman–Crippen MR) is 230 cm³/mol. The van der Waals surface area contributed by atoms with Crippen LogP contribution in [0.15, 0.2) is 186 Å². The molecule has 0 aliphatic rings. The van der Waals surface area contributed by atoms with E-state index in [9.17, 15) is 11.0 Å². The first-order valence-electron chi connectivity index (χ1n) is 26.0. The molecule has 0 amide bonds. The third kappa shape index (κ3) is 4.52. The van der Waals surface area contributed by atoms with Crippen molar-refractivity contribution < 1.29 is 27.7 Å². The Balaban J connectivity index is 1.29. The lowest BCUT2D eigenvalue weighted by Gasteiger charge is -2.14. The smallest absolute Gasteiger partial charge is 0.238 e. The lowest BCUT2D eigenvalue weighted by atomic mass is 9.93. The summed E-state index contributed by atoms with van der Waals surface area (Å²) in [7, 11) is 0. The fraction of sp³-hybridized carbons (Fsp3) is 0. The van der Waals surface area contributed by atoms with E-state index in [1.54, 1.807) is 66.7 Å². The maximum atomic E-state index is 9.62. The maximum absolute atomic E-state index is 9.62. The average molecular weight is 732 g/mol. The first-order valence-corrected chi connectivity index (χ1v) is 17.5. The molecule has 3 aromatic heterocycles. The Bertz CT molecular complexity index is 4490. The molecule has 3 heterocycles. The molecule has 0 bridgehead atoms. The van der Waals surface area contributed by atoms with E-state index in [1.807, 2.05) is 6.07 Å². The highest BCUT2D eigenvalue weighted by atomic mass is 16.3. The predicted octanol–water partition coefficient (Wildman–Crippen LogP) is 13.3. The average Bonchev–Trinajstić information content (AvgIpc) is 3.98. The van der Waals surface area contributed by atoms with Gasteiger partial charge in [-0.1, -0.05) is 157 Å². The van der Waals surface area contributed by atoms with Gasteiger partial charge in [-0.2, -0.15) is 9.97 Å². The summed E-state index contributed by atoms with van der Waals surface area (Å²) >= 11 is 0. The minimum Gasteiger partial charge on any atom is -0.456 e. The lowest BCUT2D eigenvalue weighted by Crippen LogP contribution is -2.07. The number of benzene rings is 9. The molecule has 0 spiro atoms. The van der Waals surface area contributed by atoms with Gasteiger partial charge in [-0.15, -0.1) is 0 Å². The zero-order valence-corrected chi connectivity index (χ0v) is 28.7. The third-order valence-corrected chi connectivity index (χ3v) is 10.0. The van der Waals surface area contributed by atoms with Crippen LogP contribution in [0.3, 0.4) is 0 Å². The summed E-state index contributed by atoms with van der Waals surface area (Å²) in [5, 5.41) is -0.371. The molecular weight excluding hydrogens is 685 g/mol. The van der Waals surface area contributed by atoms with Crippen LogP contribution in [0.25, 0.3) is 116 Å². The Morgan fingerprint density at radius 1 is 0.429 bits per heavy atom. The Morgan fingerprint density at radius 2 is 1.05 bits per heavy atom. The SMILES string of the molecule is [2H]c1c(-c2nc(-c3ccccc3)nc(-n3c4c([2H])c([2H])c([2H])c([2H])c4c4c([2H])c([2H])c([2H])c(-c5cccc6oc7ccccc7c56)c43)n2)cc2c(c1[2H])c1c([2H])c([2H])c([2H])c([2H])c1c1c([2H])c([2H])c([2H])c([2H])c21. The van der Waals surface area contributed by atoms with Crippen molar-refractivity contribution >= 4 is 76.1 Å². The number of furan rings is 1. The number of fused-ring (bicyclic) bond motifs is 12. The van der Waals surface area contributed by atoms with E-state index in [4.69, 9.17) is 31.7 Å². The summed E-state index contributed by atoms with van der Waals surface area (Å²) in [6.07, 6.45) is 0. The van der Waals surface area contributed by atoms with Crippen LogP contribution in [0.1, 0.15) is 23.3 Å². The topological polar surface area (TPSA) is 56.7 Å². The first kappa shape index (κ1) is 18.6. The summed E-state index contributed by atoms with van der Waals surface area (Å²) in [6.45, 7) is 0. The van der Waals surface area contributed by atoms with Gasteiger partial charge >= 0.3 is 0 Å². The van der Waals surface area contributed by atoms with Gasteiger partial charge in [-0.05, 0) is 62.1 Å². The fourth-order valence-corrected chi connectivity index (χ4v) is 7.60. The van der Waals surface area contributed by atoms with Gasteiger partial charge in [0, 0.05) is 38.2 Å². The molecule has 0 aliphatic carbocycles. The third-order valence-electron chi connectivity index (χ3n) is 10.0. The van der Waals surface area contributed by atoms with Gasteiger partial charge in [0.15, 0.2) is 11.6 Å². The van der Waals surface area contributed by atoms with E-state index in [-0.39, 0.29) is 82.8 Å². The van der Waals surface area contributed by atoms with Crippen molar-refractivity contribution in [3.05, 3.63) is 182 Å². The van der Waals surface area contributed by atoms with E-state index in [2.05, 4.69) is 0 Å². The molecule has 0 saturated carbocycles. The summed E-state index contributed by atoms with van der Waals surface area (Å²) in [5.41, 5.74) is 1.22. The number of rotatable bonds is 4. The van der Waals surface area contributed by atoms with E-state index in [0.29, 0.717) is 33.1 Å². The molecule has 5 heteroatoms. The van der Waals surface area contributed by atoms with Crippen molar-refractivity contribution in [1.29, 1.82) is 0 Å². The van der Waals surface area contributed by atoms with Crippen LogP contribution < -0.4 is 0 Å². The van der Waals surface area contributed by atoms with Gasteiger partial charge in [-0.25, -0.2) is 4.98 Å². The van der Waals surface area contributed by atoms with Crippen molar-refractivity contribution in [2.24, 2.45) is 0 Å². The van der Waals surface area contributed by atoms with Crippen molar-refractivity contribution in [2.45, 2.75) is 0 Å². The molecule has 0 radical (unpaired) electrons. The largest absolute Gasteiger partial charge is 0.456 e.